The average molecular weight is 602 g/mol. The van der Waals surface area contributed by atoms with Gasteiger partial charge in [0.05, 0.1) is 18.4 Å². The highest BCUT2D eigenvalue weighted by molar-refractivity contribution is 7.85. The highest BCUT2D eigenvalue weighted by atomic mass is 32.2. The maximum atomic E-state index is 14.4. The summed E-state index contributed by atoms with van der Waals surface area (Å²) in [5, 5.41) is 3.15. The SMILES string of the molecule is CNC(=O)c1c(-c2ccc(F)cc2)oc2cc(N(C)S(C)=O)c(-c3cc(OC)cc(-c4nc5c(F)cccc5o4)c3)cc12. The predicted octanol–water partition coefficient (Wildman–Crippen LogP) is 6.95. The maximum Gasteiger partial charge on any atom is 0.255 e. The van der Waals surface area contributed by atoms with Crippen LogP contribution in [0.4, 0.5) is 14.5 Å². The summed E-state index contributed by atoms with van der Waals surface area (Å²) in [5.74, 6) is -0.417. The number of rotatable bonds is 7. The van der Waals surface area contributed by atoms with E-state index >= 15 is 0 Å². The summed E-state index contributed by atoms with van der Waals surface area (Å²) in [5.41, 5.74) is 3.82. The van der Waals surface area contributed by atoms with Crippen molar-refractivity contribution in [2.24, 2.45) is 0 Å². The molecule has 0 fully saturated rings. The third-order valence-corrected chi connectivity index (χ3v) is 8.13. The molecule has 4 aromatic carbocycles. The van der Waals surface area contributed by atoms with Crippen molar-refractivity contribution in [3.63, 3.8) is 0 Å². The van der Waals surface area contributed by atoms with Crippen LogP contribution in [0.15, 0.2) is 81.6 Å². The summed E-state index contributed by atoms with van der Waals surface area (Å²) in [6.07, 6.45) is 1.54. The second-order valence-corrected chi connectivity index (χ2v) is 11.1. The molecule has 2 heterocycles. The smallest absolute Gasteiger partial charge is 0.255 e. The van der Waals surface area contributed by atoms with Gasteiger partial charge in [-0.1, -0.05) is 6.07 Å². The van der Waals surface area contributed by atoms with E-state index in [-0.39, 0.29) is 22.7 Å². The topological polar surface area (TPSA) is 97.8 Å². The van der Waals surface area contributed by atoms with Gasteiger partial charge in [-0.15, -0.1) is 0 Å². The van der Waals surface area contributed by atoms with Crippen molar-refractivity contribution in [2.45, 2.75) is 0 Å². The number of furan rings is 1. The molecule has 0 saturated heterocycles. The Hall–Kier alpha value is -5.03. The number of nitrogens with one attached hydrogen (secondary N) is 1. The van der Waals surface area contributed by atoms with E-state index in [1.54, 1.807) is 60.1 Å². The molecule has 1 atom stereocenters. The number of methoxy groups -OCH3 is 1. The highest BCUT2D eigenvalue weighted by Crippen LogP contribution is 2.43. The molecule has 2 aromatic heterocycles. The zero-order valence-corrected chi connectivity index (χ0v) is 24.3. The molecule has 0 aliphatic carbocycles. The van der Waals surface area contributed by atoms with E-state index in [4.69, 9.17) is 13.6 Å². The van der Waals surface area contributed by atoms with Crippen LogP contribution < -0.4 is 14.4 Å². The molecule has 6 rings (SSSR count). The largest absolute Gasteiger partial charge is 0.497 e. The first-order valence-corrected chi connectivity index (χ1v) is 14.6. The Bertz CT molecular complexity index is 2050. The number of hydrogen-bond acceptors (Lipinski definition) is 6. The number of fused-ring (bicyclic) bond motifs is 2. The summed E-state index contributed by atoms with van der Waals surface area (Å²) in [6.45, 7) is 0. The molecule has 0 bridgehead atoms. The number of para-hydroxylation sites is 1. The van der Waals surface area contributed by atoms with Crippen molar-refractivity contribution >= 4 is 44.6 Å². The highest BCUT2D eigenvalue weighted by Gasteiger charge is 2.25. The second-order valence-electron chi connectivity index (χ2n) is 9.73. The number of halogens is 2. The van der Waals surface area contributed by atoms with Crippen molar-refractivity contribution in [1.29, 1.82) is 0 Å². The van der Waals surface area contributed by atoms with Gasteiger partial charge in [-0.25, -0.2) is 18.0 Å². The fourth-order valence-corrected chi connectivity index (χ4v) is 5.38. The molecule has 0 aliphatic rings. The summed E-state index contributed by atoms with van der Waals surface area (Å²) in [6, 6.07) is 18.9. The van der Waals surface area contributed by atoms with Crippen molar-refractivity contribution < 1.29 is 31.4 Å². The Morgan fingerprint density at radius 3 is 2.37 bits per heavy atom. The lowest BCUT2D eigenvalue weighted by Gasteiger charge is -2.20. The molecule has 218 valence electrons. The molecule has 11 heteroatoms. The van der Waals surface area contributed by atoms with Gasteiger partial charge in [0.25, 0.3) is 5.91 Å². The van der Waals surface area contributed by atoms with E-state index in [1.807, 2.05) is 0 Å². The van der Waals surface area contributed by atoms with Gasteiger partial charge in [-0.05, 0) is 66.2 Å². The zero-order valence-electron chi connectivity index (χ0n) is 23.5. The minimum Gasteiger partial charge on any atom is -0.497 e. The molecule has 1 unspecified atom stereocenters. The lowest BCUT2D eigenvalue weighted by Crippen LogP contribution is -2.20. The average Bonchev–Trinajstić information content (AvgIpc) is 3.62. The number of benzene rings is 4. The fraction of sp³-hybridized carbons (Fsp3) is 0.125. The van der Waals surface area contributed by atoms with Crippen molar-refractivity contribution in [3.05, 3.63) is 90.0 Å². The van der Waals surface area contributed by atoms with Crippen LogP contribution in [0.2, 0.25) is 0 Å². The lowest BCUT2D eigenvalue weighted by molar-refractivity contribution is 0.0964. The van der Waals surface area contributed by atoms with E-state index in [1.165, 1.54) is 44.5 Å². The van der Waals surface area contributed by atoms with Crippen LogP contribution >= 0.6 is 0 Å². The van der Waals surface area contributed by atoms with Gasteiger partial charge in [0, 0.05) is 48.5 Å². The Balaban J connectivity index is 1.62. The monoisotopic (exact) mass is 601 g/mol. The zero-order chi connectivity index (χ0) is 30.4. The molecule has 43 heavy (non-hydrogen) atoms. The third-order valence-electron chi connectivity index (χ3n) is 7.16. The molecular weight excluding hydrogens is 576 g/mol. The number of hydrogen-bond donors (Lipinski definition) is 1. The standard InChI is InChI=1S/C32H25F2N3O5S/c1-35-31(38)28-23-15-22(25(37(2)43(4)39)16-27(23)41-30(28)17-8-10-20(33)11-9-17)18-12-19(14-21(13-18)40-3)32-36-29-24(34)6-5-7-26(29)42-32/h5-16H,1-4H3,(H,35,38). The number of aromatic nitrogens is 1. The van der Waals surface area contributed by atoms with Crippen LogP contribution in [0, 0.1) is 11.6 Å². The van der Waals surface area contributed by atoms with Crippen molar-refractivity contribution in [3.8, 4) is 39.7 Å². The molecule has 0 aliphatic heterocycles. The summed E-state index contributed by atoms with van der Waals surface area (Å²) in [4.78, 5) is 17.6. The Labute approximate surface area is 247 Å². The van der Waals surface area contributed by atoms with E-state index in [9.17, 15) is 17.8 Å². The van der Waals surface area contributed by atoms with Crippen LogP contribution in [0.3, 0.4) is 0 Å². The Morgan fingerprint density at radius 1 is 0.953 bits per heavy atom. The first-order valence-electron chi connectivity index (χ1n) is 13.1. The van der Waals surface area contributed by atoms with Gasteiger partial charge >= 0.3 is 0 Å². The van der Waals surface area contributed by atoms with Gasteiger partial charge in [-0.3, -0.25) is 9.10 Å². The molecule has 8 nitrogen and oxygen atoms in total. The molecule has 1 amide bonds. The van der Waals surface area contributed by atoms with E-state index in [0.717, 1.165) is 0 Å². The molecule has 0 saturated carbocycles. The molecule has 1 N–H and O–H groups in total. The van der Waals surface area contributed by atoms with E-state index in [2.05, 4.69) is 10.3 Å². The third kappa shape index (κ3) is 5.01. The maximum absolute atomic E-state index is 14.4. The minimum atomic E-state index is -1.43. The van der Waals surface area contributed by atoms with Gasteiger partial charge < -0.3 is 18.9 Å². The van der Waals surface area contributed by atoms with Crippen LogP contribution in [0.5, 0.6) is 5.75 Å². The molecule has 6 aromatic rings. The first-order chi connectivity index (χ1) is 20.7. The van der Waals surface area contributed by atoms with Gasteiger partial charge in [0.1, 0.15) is 39.4 Å². The number of ether oxygens (including phenoxy) is 1. The quantitative estimate of drug-likeness (QED) is 0.213. The number of oxazole rings is 1. The van der Waals surface area contributed by atoms with Crippen LogP contribution in [0.25, 0.3) is 56.0 Å². The number of amides is 1. The van der Waals surface area contributed by atoms with Crippen molar-refractivity contribution in [2.75, 3.05) is 31.8 Å². The Kier molecular flexibility index (Phi) is 7.18. The Morgan fingerprint density at radius 2 is 1.70 bits per heavy atom. The normalized spacial score (nSPS) is 12.0. The molecule has 0 spiro atoms. The van der Waals surface area contributed by atoms with Gasteiger partial charge in [0.15, 0.2) is 11.4 Å². The van der Waals surface area contributed by atoms with Crippen LogP contribution in [-0.2, 0) is 11.0 Å². The van der Waals surface area contributed by atoms with E-state index < -0.39 is 28.5 Å². The number of anilines is 1. The summed E-state index contributed by atoms with van der Waals surface area (Å²) >= 11 is 0. The van der Waals surface area contributed by atoms with Crippen LogP contribution in [-0.4, -0.2) is 42.6 Å². The predicted molar refractivity (Wildman–Crippen MR) is 162 cm³/mol. The minimum absolute atomic E-state index is 0.104. The lowest BCUT2D eigenvalue weighted by atomic mass is 9.97. The number of nitrogens with zero attached hydrogens (tertiary/aromatic N) is 2. The van der Waals surface area contributed by atoms with Gasteiger partial charge in [0.2, 0.25) is 5.89 Å². The summed E-state index contributed by atoms with van der Waals surface area (Å²) < 4.78 is 60.1. The molecule has 0 radical (unpaired) electrons. The molecular formula is C32H25F2N3O5S. The number of carbonyl (C=O) groups excluding carboxylic acids is 1. The van der Waals surface area contributed by atoms with Crippen LogP contribution in [0.1, 0.15) is 10.4 Å². The second kappa shape index (κ2) is 11.0. The number of carbonyl (C=O) groups is 1. The summed E-state index contributed by atoms with van der Waals surface area (Å²) in [7, 11) is 3.27. The van der Waals surface area contributed by atoms with E-state index in [0.29, 0.717) is 50.2 Å². The fourth-order valence-electron chi connectivity index (χ4n) is 4.95. The first kappa shape index (κ1) is 28.1. The van der Waals surface area contributed by atoms with Crippen molar-refractivity contribution in [1.82, 2.24) is 10.3 Å². The van der Waals surface area contributed by atoms with Gasteiger partial charge in [-0.2, -0.15) is 0 Å².